The highest BCUT2D eigenvalue weighted by Crippen LogP contribution is 2.12. The molecule has 0 spiro atoms. The van der Waals surface area contributed by atoms with Gasteiger partial charge in [-0.05, 0) is 19.3 Å². The number of unbranched alkanes of at least 4 members (excludes halogenated alkanes) is 18. The molecule has 4 nitrogen and oxygen atoms in total. The molecule has 0 aromatic carbocycles. The summed E-state index contributed by atoms with van der Waals surface area (Å²) in [6, 6.07) is 0.604. The summed E-state index contributed by atoms with van der Waals surface area (Å²) >= 11 is 0. The minimum atomic E-state index is 0.604. The molecular formula is C32H66N2O2. The Labute approximate surface area is 227 Å². The van der Waals surface area contributed by atoms with Crippen LogP contribution in [0.4, 0.5) is 0 Å². The van der Waals surface area contributed by atoms with E-state index >= 15 is 0 Å². The van der Waals surface area contributed by atoms with Crippen LogP contribution in [0.3, 0.4) is 0 Å². The van der Waals surface area contributed by atoms with Crippen molar-refractivity contribution in [2.45, 2.75) is 155 Å². The highest BCUT2D eigenvalue weighted by molar-refractivity contribution is 4.79. The quantitative estimate of drug-likeness (QED) is 0.107. The average molecular weight is 511 g/mol. The van der Waals surface area contributed by atoms with Crippen molar-refractivity contribution < 1.29 is 9.47 Å². The Kier molecular flexibility index (Phi) is 26.2. The van der Waals surface area contributed by atoms with Crippen LogP contribution in [0, 0.1) is 0 Å². The van der Waals surface area contributed by atoms with Gasteiger partial charge in [-0.25, -0.2) is 0 Å². The highest BCUT2D eigenvalue weighted by atomic mass is 16.5. The molecule has 1 rings (SSSR count). The van der Waals surface area contributed by atoms with Crippen molar-refractivity contribution in [1.82, 2.24) is 10.2 Å². The van der Waals surface area contributed by atoms with E-state index in [0.717, 1.165) is 59.0 Å². The van der Waals surface area contributed by atoms with Gasteiger partial charge in [-0.15, -0.1) is 0 Å². The summed E-state index contributed by atoms with van der Waals surface area (Å²) in [5.41, 5.74) is 0. The van der Waals surface area contributed by atoms with Gasteiger partial charge in [0.05, 0.1) is 6.61 Å². The van der Waals surface area contributed by atoms with Crippen molar-refractivity contribution in [3.63, 3.8) is 0 Å². The Balaban J connectivity index is 1.88. The van der Waals surface area contributed by atoms with Crippen molar-refractivity contribution in [2.24, 2.45) is 0 Å². The van der Waals surface area contributed by atoms with E-state index in [9.17, 15) is 0 Å². The van der Waals surface area contributed by atoms with Crippen molar-refractivity contribution >= 4 is 0 Å². The molecule has 1 N–H and O–H groups in total. The van der Waals surface area contributed by atoms with Gasteiger partial charge in [-0.3, -0.25) is 4.90 Å². The van der Waals surface area contributed by atoms with Crippen molar-refractivity contribution in [1.29, 1.82) is 0 Å². The lowest BCUT2D eigenvalue weighted by molar-refractivity contribution is 0.0543. The number of nitrogens with one attached hydrogen (secondary N) is 1. The van der Waals surface area contributed by atoms with E-state index in [1.165, 1.54) is 128 Å². The van der Waals surface area contributed by atoms with Crippen LogP contribution in [-0.2, 0) is 9.47 Å². The summed E-state index contributed by atoms with van der Waals surface area (Å²) < 4.78 is 12.0. The van der Waals surface area contributed by atoms with Crippen molar-refractivity contribution in [2.75, 3.05) is 52.6 Å². The predicted octanol–water partition coefficient (Wildman–Crippen LogP) is 8.53. The van der Waals surface area contributed by atoms with Gasteiger partial charge in [0.2, 0.25) is 0 Å². The third-order valence-electron chi connectivity index (χ3n) is 7.87. The third-order valence-corrected chi connectivity index (χ3v) is 7.87. The third kappa shape index (κ3) is 21.9. The number of rotatable bonds is 28. The van der Waals surface area contributed by atoms with Gasteiger partial charge in [0, 0.05) is 52.0 Å². The number of nitrogens with zero attached hydrogens (tertiary/aromatic N) is 1. The van der Waals surface area contributed by atoms with Gasteiger partial charge in [0.1, 0.15) is 0 Å². The molecular weight excluding hydrogens is 444 g/mol. The molecule has 1 aliphatic rings. The van der Waals surface area contributed by atoms with E-state index in [1.54, 1.807) is 0 Å². The Morgan fingerprint density at radius 2 is 1.00 bits per heavy atom. The zero-order chi connectivity index (χ0) is 25.8. The highest BCUT2D eigenvalue weighted by Gasteiger charge is 2.21. The maximum atomic E-state index is 5.99. The van der Waals surface area contributed by atoms with E-state index in [-0.39, 0.29) is 0 Å². The second-order valence-electron chi connectivity index (χ2n) is 11.3. The Morgan fingerprint density at radius 1 is 0.556 bits per heavy atom. The number of piperazine rings is 1. The first-order valence-corrected chi connectivity index (χ1v) is 16.5. The van der Waals surface area contributed by atoms with Crippen LogP contribution in [0.1, 0.15) is 149 Å². The molecule has 0 aliphatic carbocycles. The molecule has 1 fully saturated rings. The Hall–Kier alpha value is -0.160. The first-order valence-electron chi connectivity index (χ1n) is 16.5. The molecule has 0 amide bonds. The summed E-state index contributed by atoms with van der Waals surface area (Å²) in [7, 11) is 0. The summed E-state index contributed by atoms with van der Waals surface area (Å²) in [5.74, 6) is 0. The van der Waals surface area contributed by atoms with Gasteiger partial charge in [0.25, 0.3) is 0 Å². The average Bonchev–Trinajstić information content (AvgIpc) is 2.90. The summed E-state index contributed by atoms with van der Waals surface area (Å²) in [5, 5.41) is 3.57. The monoisotopic (exact) mass is 511 g/mol. The molecule has 1 unspecified atom stereocenters. The lowest BCUT2D eigenvalue weighted by atomic mass is 10.1. The van der Waals surface area contributed by atoms with Crippen LogP contribution in [0.5, 0.6) is 0 Å². The maximum Gasteiger partial charge on any atom is 0.0593 e. The fraction of sp³-hybridized carbons (Fsp3) is 1.00. The SMILES string of the molecule is CCCCCCCCCCCCOCCC1CNCCN1CCOCCCCCCCCCCCC. The molecule has 1 saturated heterocycles. The van der Waals surface area contributed by atoms with E-state index in [1.807, 2.05) is 0 Å². The molecule has 4 heteroatoms. The van der Waals surface area contributed by atoms with Crippen molar-refractivity contribution in [3.05, 3.63) is 0 Å². The van der Waals surface area contributed by atoms with E-state index < -0.39 is 0 Å². The smallest absolute Gasteiger partial charge is 0.0593 e. The van der Waals surface area contributed by atoms with Gasteiger partial charge in [-0.2, -0.15) is 0 Å². The number of hydrogen-bond acceptors (Lipinski definition) is 4. The second-order valence-corrected chi connectivity index (χ2v) is 11.3. The molecule has 0 bridgehead atoms. The molecule has 0 aromatic rings. The largest absolute Gasteiger partial charge is 0.381 e. The zero-order valence-corrected chi connectivity index (χ0v) is 24.8. The van der Waals surface area contributed by atoms with Crippen LogP contribution >= 0.6 is 0 Å². The number of ether oxygens (including phenoxy) is 2. The van der Waals surface area contributed by atoms with E-state index in [2.05, 4.69) is 24.1 Å². The standard InChI is InChI=1S/C32H66N2O2/c1-3-5-7-9-11-13-15-17-19-21-27-35-29-23-32-31-33-24-25-34(32)26-30-36-28-22-20-18-16-14-12-10-8-6-4-2/h32-33H,3-31H2,1-2H3. The summed E-state index contributed by atoms with van der Waals surface area (Å²) in [6.07, 6.45) is 28.9. The Bertz CT molecular complexity index is 383. The number of hydrogen-bond donors (Lipinski definition) is 1. The minimum absolute atomic E-state index is 0.604. The van der Waals surface area contributed by atoms with Crippen LogP contribution in [-0.4, -0.2) is 63.5 Å². The lowest BCUT2D eigenvalue weighted by Crippen LogP contribution is -2.52. The van der Waals surface area contributed by atoms with Crippen LogP contribution in [0.25, 0.3) is 0 Å². The molecule has 1 aliphatic heterocycles. The molecule has 1 heterocycles. The molecule has 0 saturated carbocycles. The molecule has 1 atom stereocenters. The molecule has 36 heavy (non-hydrogen) atoms. The molecule has 216 valence electrons. The van der Waals surface area contributed by atoms with Crippen molar-refractivity contribution in [3.8, 4) is 0 Å². The maximum absolute atomic E-state index is 5.99. The molecule has 0 aromatic heterocycles. The van der Waals surface area contributed by atoms with E-state index in [0.29, 0.717) is 6.04 Å². The zero-order valence-electron chi connectivity index (χ0n) is 24.8. The second kappa shape index (κ2) is 27.9. The van der Waals surface area contributed by atoms with Gasteiger partial charge in [-0.1, -0.05) is 129 Å². The first-order chi connectivity index (χ1) is 17.9. The van der Waals surface area contributed by atoms with Gasteiger partial charge >= 0.3 is 0 Å². The van der Waals surface area contributed by atoms with Gasteiger partial charge < -0.3 is 14.8 Å². The minimum Gasteiger partial charge on any atom is -0.381 e. The van der Waals surface area contributed by atoms with Crippen LogP contribution in [0.2, 0.25) is 0 Å². The van der Waals surface area contributed by atoms with E-state index in [4.69, 9.17) is 9.47 Å². The first kappa shape index (κ1) is 33.9. The Morgan fingerprint density at radius 3 is 1.50 bits per heavy atom. The van der Waals surface area contributed by atoms with Gasteiger partial charge in [0.15, 0.2) is 0 Å². The lowest BCUT2D eigenvalue weighted by Gasteiger charge is -2.36. The van der Waals surface area contributed by atoms with Crippen LogP contribution < -0.4 is 5.32 Å². The topological polar surface area (TPSA) is 33.7 Å². The fourth-order valence-electron chi connectivity index (χ4n) is 5.37. The normalized spacial score (nSPS) is 16.7. The van der Waals surface area contributed by atoms with Crippen LogP contribution in [0.15, 0.2) is 0 Å². The fourth-order valence-corrected chi connectivity index (χ4v) is 5.37. The molecule has 0 radical (unpaired) electrons. The summed E-state index contributed by atoms with van der Waals surface area (Å²) in [4.78, 5) is 2.62. The predicted molar refractivity (Wildman–Crippen MR) is 158 cm³/mol. The summed E-state index contributed by atoms with van der Waals surface area (Å²) in [6.45, 7) is 12.7.